The Hall–Kier alpha value is -1.21. The molecule has 0 aliphatic carbocycles. The Labute approximate surface area is 92.3 Å². The molecule has 0 fully saturated rings. The second-order valence-corrected chi connectivity index (χ2v) is 3.43. The number of aliphatic hydroxyl groups is 1. The lowest BCUT2D eigenvalue weighted by Crippen LogP contribution is -2.31. The van der Waals surface area contributed by atoms with E-state index in [1.54, 1.807) is 6.92 Å². The molecule has 1 rings (SSSR count). The standard InChI is InChI=1S/C8H14N4O2S/c1-3-9-7(14)5(2)12-6(4-13)10-11-8(12)15/h5,13H,3-4H2,1-2H3,(H,9,14)(H,11,15). The fraction of sp³-hybridized carbons (Fsp3) is 0.625. The Bertz CT molecular complexity index is 398. The second kappa shape index (κ2) is 5.04. The van der Waals surface area contributed by atoms with Crippen molar-refractivity contribution in [3.63, 3.8) is 0 Å². The smallest absolute Gasteiger partial charge is 0.242 e. The van der Waals surface area contributed by atoms with E-state index in [2.05, 4.69) is 15.5 Å². The molecule has 0 aromatic carbocycles. The van der Waals surface area contributed by atoms with Gasteiger partial charge in [-0.25, -0.2) is 0 Å². The van der Waals surface area contributed by atoms with Crippen LogP contribution in [0.25, 0.3) is 0 Å². The van der Waals surface area contributed by atoms with Crippen LogP contribution < -0.4 is 5.32 Å². The van der Waals surface area contributed by atoms with E-state index in [0.29, 0.717) is 17.1 Å². The van der Waals surface area contributed by atoms with Gasteiger partial charge >= 0.3 is 0 Å². The van der Waals surface area contributed by atoms with Crippen LogP contribution in [-0.4, -0.2) is 32.3 Å². The lowest BCUT2D eigenvalue weighted by molar-refractivity contribution is -0.123. The summed E-state index contributed by atoms with van der Waals surface area (Å²) in [5.41, 5.74) is 0. The number of H-pyrrole nitrogens is 1. The van der Waals surface area contributed by atoms with Gasteiger partial charge in [-0.3, -0.25) is 14.5 Å². The third-order valence-corrected chi connectivity index (χ3v) is 2.32. The zero-order chi connectivity index (χ0) is 11.4. The van der Waals surface area contributed by atoms with E-state index in [9.17, 15) is 4.79 Å². The average molecular weight is 230 g/mol. The molecule has 0 aliphatic heterocycles. The quantitative estimate of drug-likeness (QED) is 0.642. The molecule has 0 aliphatic rings. The van der Waals surface area contributed by atoms with Crippen molar-refractivity contribution < 1.29 is 9.90 Å². The largest absolute Gasteiger partial charge is 0.388 e. The van der Waals surface area contributed by atoms with Gasteiger partial charge in [0.2, 0.25) is 5.91 Å². The molecule has 1 heterocycles. The zero-order valence-electron chi connectivity index (χ0n) is 8.65. The highest BCUT2D eigenvalue weighted by atomic mass is 32.1. The number of carbonyl (C=O) groups is 1. The summed E-state index contributed by atoms with van der Waals surface area (Å²) in [7, 11) is 0. The number of rotatable bonds is 4. The summed E-state index contributed by atoms with van der Waals surface area (Å²) in [5, 5.41) is 18.0. The summed E-state index contributed by atoms with van der Waals surface area (Å²) in [4.78, 5) is 11.6. The first-order chi connectivity index (χ1) is 7.11. The maximum Gasteiger partial charge on any atom is 0.242 e. The minimum absolute atomic E-state index is 0.148. The van der Waals surface area contributed by atoms with Crippen LogP contribution in [0.15, 0.2) is 0 Å². The number of amides is 1. The van der Waals surface area contributed by atoms with Gasteiger partial charge in [-0.15, -0.1) is 0 Å². The summed E-state index contributed by atoms with van der Waals surface area (Å²) in [6.07, 6.45) is 0. The van der Waals surface area contributed by atoms with Gasteiger partial charge in [0.05, 0.1) is 0 Å². The highest BCUT2D eigenvalue weighted by Crippen LogP contribution is 2.09. The minimum Gasteiger partial charge on any atom is -0.388 e. The van der Waals surface area contributed by atoms with Crippen molar-refractivity contribution in [3.8, 4) is 0 Å². The van der Waals surface area contributed by atoms with Crippen molar-refractivity contribution >= 4 is 18.1 Å². The van der Waals surface area contributed by atoms with Gasteiger partial charge in [0.25, 0.3) is 0 Å². The van der Waals surface area contributed by atoms with Gasteiger partial charge in [0, 0.05) is 6.54 Å². The number of nitrogens with one attached hydrogen (secondary N) is 2. The van der Waals surface area contributed by atoms with Gasteiger partial charge in [0.1, 0.15) is 12.6 Å². The van der Waals surface area contributed by atoms with Crippen LogP contribution in [0.3, 0.4) is 0 Å². The van der Waals surface area contributed by atoms with Crippen LogP contribution >= 0.6 is 12.2 Å². The van der Waals surface area contributed by atoms with Crippen molar-refractivity contribution in [2.45, 2.75) is 26.5 Å². The van der Waals surface area contributed by atoms with Crippen LogP contribution in [0.5, 0.6) is 0 Å². The molecule has 1 aromatic rings. The molecule has 6 nitrogen and oxygen atoms in total. The molecule has 1 unspecified atom stereocenters. The van der Waals surface area contributed by atoms with Crippen LogP contribution in [-0.2, 0) is 11.4 Å². The highest BCUT2D eigenvalue weighted by molar-refractivity contribution is 7.71. The van der Waals surface area contributed by atoms with Crippen LogP contribution in [0.2, 0.25) is 0 Å². The topological polar surface area (TPSA) is 82.9 Å². The fourth-order valence-corrected chi connectivity index (χ4v) is 1.60. The van der Waals surface area contributed by atoms with Crippen molar-refractivity contribution in [3.05, 3.63) is 10.6 Å². The molecule has 0 radical (unpaired) electrons. The second-order valence-electron chi connectivity index (χ2n) is 3.04. The van der Waals surface area contributed by atoms with E-state index in [1.807, 2.05) is 6.92 Å². The fourth-order valence-electron chi connectivity index (χ4n) is 1.29. The molecule has 1 atom stereocenters. The molecule has 1 amide bonds. The molecule has 0 saturated heterocycles. The first-order valence-electron chi connectivity index (χ1n) is 4.66. The third-order valence-electron chi connectivity index (χ3n) is 2.04. The number of aliphatic hydroxyl groups excluding tert-OH is 1. The van der Waals surface area contributed by atoms with Crippen molar-refractivity contribution in [2.75, 3.05) is 6.54 Å². The van der Waals surface area contributed by atoms with E-state index < -0.39 is 6.04 Å². The van der Waals surface area contributed by atoms with Crippen LogP contribution in [0.4, 0.5) is 0 Å². The number of hydrogen-bond donors (Lipinski definition) is 3. The molecule has 84 valence electrons. The first-order valence-corrected chi connectivity index (χ1v) is 5.07. The van der Waals surface area contributed by atoms with Crippen molar-refractivity contribution in [1.29, 1.82) is 0 Å². The Morgan fingerprint density at radius 1 is 1.80 bits per heavy atom. The molecule has 0 spiro atoms. The van der Waals surface area contributed by atoms with Crippen molar-refractivity contribution in [1.82, 2.24) is 20.1 Å². The maximum absolute atomic E-state index is 11.6. The van der Waals surface area contributed by atoms with E-state index in [-0.39, 0.29) is 12.5 Å². The number of hydrogen-bond acceptors (Lipinski definition) is 4. The van der Waals surface area contributed by atoms with E-state index in [0.717, 1.165) is 0 Å². The number of nitrogens with zero attached hydrogens (tertiary/aromatic N) is 2. The molecular weight excluding hydrogens is 216 g/mol. The summed E-state index contributed by atoms with van der Waals surface area (Å²) >= 11 is 4.97. The first kappa shape index (κ1) is 11.9. The summed E-state index contributed by atoms with van der Waals surface area (Å²) in [6, 6.07) is -0.474. The number of aromatic nitrogens is 3. The summed E-state index contributed by atoms with van der Waals surface area (Å²) in [5.74, 6) is 0.212. The number of aromatic amines is 1. The zero-order valence-corrected chi connectivity index (χ0v) is 9.47. The number of carbonyl (C=O) groups excluding carboxylic acids is 1. The highest BCUT2D eigenvalue weighted by Gasteiger charge is 2.18. The van der Waals surface area contributed by atoms with Gasteiger partial charge in [-0.05, 0) is 26.1 Å². The van der Waals surface area contributed by atoms with Gasteiger partial charge in [0.15, 0.2) is 10.6 Å². The SMILES string of the molecule is CCNC(=O)C(C)n1c(CO)n[nH]c1=S. The van der Waals surface area contributed by atoms with E-state index in [4.69, 9.17) is 17.3 Å². The number of likely N-dealkylation sites (N-methyl/N-ethyl adjacent to an activating group) is 1. The maximum atomic E-state index is 11.6. The van der Waals surface area contributed by atoms with Gasteiger partial charge in [-0.1, -0.05) is 0 Å². The Balaban J connectivity index is 2.99. The summed E-state index contributed by atoms with van der Waals surface area (Å²) in [6.45, 7) is 3.85. The Kier molecular flexibility index (Phi) is 3.98. The predicted molar refractivity (Wildman–Crippen MR) is 56.7 cm³/mol. The van der Waals surface area contributed by atoms with Crippen molar-refractivity contribution in [2.24, 2.45) is 0 Å². The monoisotopic (exact) mass is 230 g/mol. The van der Waals surface area contributed by atoms with Gasteiger partial charge < -0.3 is 10.4 Å². The lowest BCUT2D eigenvalue weighted by Gasteiger charge is -2.13. The van der Waals surface area contributed by atoms with E-state index >= 15 is 0 Å². The molecule has 3 N–H and O–H groups in total. The van der Waals surface area contributed by atoms with Crippen LogP contribution in [0.1, 0.15) is 25.7 Å². The molecule has 15 heavy (non-hydrogen) atoms. The van der Waals surface area contributed by atoms with E-state index in [1.165, 1.54) is 4.57 Å². The molecule has 1 aromatic heterocycles. The van der Waals surface area contributed by atoms with Crippen LogP contribution in [0, 0.1) is 4.77 Å². The molecular formula is C8H14N4O2S. The Morgan fingerprint density at radius 2 is 2.47 bits per heavy atom. The molecule has 7 heteroatoms. The lowest BCUT2D eigenvalue weighted by atomic mass is 10.3. The van der Waals surface area contributed by atoms with Gasteiger partial charge in [-0.2, -0.15) is 5.10 Å². The normalized spacial score (nSPS) is 12.5. The predicted octanol–water partition coefficient (Wildman–Crippen LogP) is 0.130. The average Bonchev–Trinajstić information content (AvgIpc) is 2.58. The Morgan fingerprint density at radius 3 is 3.00 bits per heavy atom. The third kappa shape index (κ3) is 2.42. The summed E-state index contributed by atoms with van der Waals surface area (Å²) < 4.78 is 1.83. The molecule has 0 saturated carbocycles. The molecule has 0 bridgehead atoms. The minimum atomic E-state index is -0.474.